The summed E-state index contributed by atoms with van der Waals surface area (Å²) >= 11 is 1.91. The summed E-state index contributed by atoms with van der Waals surface area (Å²) in [5.74, 6) is 0. The standard InChI is InChI=1S/C26H24S/c1-18-12-14-21(15-13-18)26-23(16-22-10-6-4-8-19(22)2)17-25(27-26)24-11-7-5-9-20(24)3/h4-15,17H,16H2,1-3H3. The third-order valence-corrected chi connectivity index (χ3v) is 6.44. The van der Waals surface area contributed by atoms with E-state index in [2.05, 4.69) is 99.6 Å². The average molecular weight is 369 g/mol. The molecule has 0 fully saturated rings. The molecule has 3 aromatic carbocycles. The zero-order valence-corrected chi connectivity index (χ0v) is 16.9. The third kappa shape index (κ3) is 3.74. The number of aryl methyl sites for hydroxylation is 3. The molecule has 0 atom stereocenters. The monoisotopic (exact) mass is 368 g/mol. The van der Waals surface area contributed by atoms with E-state index in [1.54, 1.807) is 0 Å². The van der Waals surface area contributed by atoms with Crippen molar-refractivity contribution in [2.45, 2.75) is 27.2 Å². The van der Waals surface area contributed by atoms with Crippen molar-refractivity contribution in [3.05, 3.63) is 107 Å². The molecule has 1 heteroatoms. The second-order valence-electron chi connectivity index (χ2n) is 7.25. The molecule has 4 aromatic rings. The third-order valence-electron chi connectivity index (χ3n) is 5.18. The van der Waals surface area contributed by atoms with Gasteiger partial charge in [0.15, 0.2) is 0 Å². The van der Waals surface area contributed by atoms with Crippen molar-refractivity contribution < 1.29 is 0 Å². The minimum absolute atomic E-state index is 0.971. The molecule has 1 heterocycles. The van der Waals surface area contributed by atoms with E-state index in [1.807, 2.05) is 11.3 Å². The zero-order chi connectivity index (χ0) is 18.8. The molecule has 0 saturated carbocycles. The molecular weight excluding hydrogens is 344 g/mol. The van der Waals surface area contributed by atoms with Gasteiger partial charge in [-0.1, -0.05) is 78.4 Å². The first-order valence-corrected chi connectivity index (χ1v) is 10.2. The number of hydrogen-bond donors (Lipinski definition) is 0. The Morgan fingerprint density at radius 3 is 2.04 bits per heavy atom. The van der Waals surface area contributed by atoms with E-state index in [9.17, 15) is 0 Å². The molecular formula is C26H24S. The van der Waals surface area contributed by atoms with Crippen LogP contribution in [0.1, 0.15) is 27.8 Å². The highest BCUT2D eigenvalue weighted by Crippen LogP contribution is 2.40. The van der Waals surface area contributed by atoms with Gasteiger partial charge >= 0.3 is 0 Å². The van der Waals surface area contributed by atoms with Crippen molar-refractivity contribution >= 4 is 11.3 Å². The van der Waals surface area contributed by atoms with Gasteiger partial charge in [-0.15, -0.1) is 11.3 Å². The SMILES string of the molecule is Cc1ccc(-c2sc(-c3ccccc3C)cc2Cc2ccccc2C)cc1. The fourth-order valence-electron chi connectivity index (χ4n) is 3.51. The maximum atomic E-state index is 2.40. The minimum atomic E-state index is 0.971. The summed E-state index contributed by atoms with van der Waals surface area (Å²) in [5.41, 5.74) is 9.46. The fraction of sp³-hybridized carbons (Fsp3) is 0.154. The highest BCUT2D eigenvalue weighted by Gasteiger charge is 2.14. The van der Waals surface area contributed by atoms with Crippen LogP contribution in [0.3, 0.4) is 0 Å². The molecule has 0 unspecified atom stereocenters. The second kappa shape index (κ2) is 7.54. The fourth-order valence-corrected chi connectivity index (χ4v) is 4.78. The van der Waals surface area contributed by atoms with Gasteiger partial charge in [0.05, 0.1) is 0 Å². The van der Waals surface area contributed by atoms with Crippen LogP contribution in [0.4, 0.5) is 0 Å². The number of thiophene rings is 1. The van der Waals surface area contributed by atoms with Crippen molar-refractivity contribution in [1.82, 2.24) is 0 Å². The topological polar surface area (TPSA) is 0 Å². The lowest BCUT2D eigenvalue weighted by Crippen LogP contribution is -1.91. The van der Waals surface area contributed by atoms with Crippen LogP contribution in [-0.2, 0) is 6.42 Å². The molecule has 0 radical (unpaired) electrons. The smallest absolute Gasteiger partial charge is 0.0384 e. The van der Waals surface area contributed by atoms with Crippen molar-refractivity contribution in [3.63, 3.8) is 0 Å². The molecule has 134 valence electrons. The molecule has 0 N–H and O–H groups in total. The first-order valence-electron chi connectivity index (χ1n) is 9.42. The van der Waals surface area contributed by atoms with Crippen molar-refractivity contribution in [1.29, 1.82) is 0 Å². The number of rotatable bonds is 4. The predicted molar refractivity (Wildman–Crippen MR) is 119 cm³/mol. The van der Waals surface area contributed by atoms with Gasteiger partial charge in [0, 0.05) is 9.75 Å². The summed E-state index contributed by atoms with van der Waals surface area (Å²) in [5, 5.41) is 0. The molecule has 0 aliphatic heterocycles. The van der Waals surface area contributed by atoms with Crippen LogP contribution in [0.15, 0.2) is 78.9 Å². The van der Waals surface area contributed by atoms with Gasteiger partial charge in [-0.2, -0.15) is 0 Å². The minimum Gasteiger partial charge on any atom is -0.135 e. The molecule has 0 bridgehead atoms. The highest BCUT2D eigenvalue weighted by molar-refractivity contribution is 7.19. The van der Waals surface area contributed by atoms with Gasteiger partial charge in [-0.05, 0) is 66.6 Å². The van der Waals surface area contributed by atoms with E-state index >= 15 is 0 Å². The van der Waals surface area contributed by atoms with E-state index in [0.717, 1.165) is 6.42 Å². The first-order chi connectivity index (χ1) is 13.1. The highest BCUT2D eigenvalue weighted by atomic mass is 32.1. The quantitative estimate of drug-likeness (QED) is 0.348. The lowest BCUT2D eigenvalue weighted by Gasteiger charge is -2.07. The molecule has 0 amide bonds. The van der Waals surface area contributed by atoms with Crippen LogP contribution in [0.2, 0.25) is 0 Å². The van der Waals surface area contributed by atoms with Gasteiger partial charge < -0.3 is 0 Å². The van der Waals surface area contributed by atoms with Gasteiger partial charge in [-0.25, -0.2) is 0 Å². The Morgan fingerprint density at radius 2 is 1.33 bits per heavy atom. The Kier molecular flexibility index (Phi) is 4.96. The summed E-state index contributed by atoms with van der Waals surface area (Å²) in [7, 11) is 0. The Hall–Kier alpha value is -2.64. The van der Waals surface area contributed by atoms with Crippen LogP contribution >= 0.6 is 11.3 Å². The van der Waals surface area contributed by atoms with Gasteiger partial charge in [0.2, 0.25) is 0 Å². The van der Waals surface area contributed by atoms with E-state index in [0.29, 0.717) is 0 Å². The van der Waals surface area contributed by atoms with Crippen molar-refractivity contribution in [2.24, 2.45) is 0 Å². The van der Waals surface area contributed by atoms with Crippen LogP contribution < -0.4 is 0 Å². The van der Waals surface area contributed by atoms with Gasteiger partial charge in [-0.3, -0.25) is 0 Å². The van der Waals surface area contributed by atoms with E-state index in [1.165, 1.54) is 48.7 Å². The van der Waals surface area contributed by atoms with E-state index < -0.39 is 0 Å². The maximum Gasteiger partial charge on any atom is 0.0384 e. The summed E-state index contributed by atoms with van der Waals surface area (Å²) < 4.78 is 0. The van der Waals surface area contributed by atoms with Crippen LogP contribution in [0, 0.1) is 20.8 Å². The van der Waals surface area contributed by atoms with E-state index in [4.69, 9.17) is 0 Å². The first kappa shape index (κ1) is 17.8. The molecule has 0 aliphatic rings. The normalized spacial score (nSPS) is 10.9. The summed E-state index contributed by atoms with van der Waals surface area (Å²) in [6.45, 7) is 6.54. The molecule has 4 rings (SSSR count). The molecule has 0 saturated heterocycles. The molecule has 0 nitrogen and oxygen atoms in total. The Balaban J connectivity index is 1.84. The van der Waals surface area contributed by atoms with Crippen LogP contribution in [0.25, 0.3) is 20.9 Å². The summed E-state index contributed by atoms with van der Waals surface area (Å²) in [6.07, 6.45) is 0.971. The lowest BCUT2D eigenvalue weighted by molar-refractivity contribution is 1.17. The largest absolute Gasteiger partial charge is 0.135 e. The Morgan fingerprint density at radius 1 is 0.667 bits per heavy atom. The lowest BCUT2D eigenvalue weighted by atomic mass is 9.97. The Bertz CT molecular complexity index is 1070. The Labute approximate surface area is 166 Å². The van der Waals surface area contributed by atoms with Crippen LogP contribution in [0.5, 0.6) is 0 Å². The summed E-state index contributed by atoms with van der Waals surface area (Å²) in [4.78, 5) is 2.74. The van der Waals surface area contributed by atoms with E-state index in [-0.39, 0.29) is 0 Å². The second-order valence-corrected chi connectivity index (χ2v) is 8.30. The zero-order valence-electron chi connectivity index (χ0n) is 16.1. The van der Waals surface area contributed by atoms with Gasteiger partial charge in [0.25, 0.3) is 0 Å². The van der Waals surface area contributed by atoms with Gasteiger partial charge in [0.1, 0.15) is 0 Å². The molecule has 1 aromatic heterocycles. The maximum absolute atomic E-state index is 2.40. The average Bonchev–Trinajstić information content (AvgIpc) is 3.08. The van der Waals surface area contributed by atoms with Crippen molar-refractivity contribution in [2.75, 3.05) is 0 Å². The predicted octanol–water partition coefficient (Wildman–Crippen LogP) is 7.60. The van der Waals surface area contributed by atoms with Crippen molar-refractivity contribution in [3.8, 4) is 20.9 Å². The molecule has 27 heavy (non-hydrogen) atoms. The number of hydrogen-bond acceptors (Lipinski definition) is 1. The number of benzene rings is 3. The molecule has 0 aliphatic carbocycles. The molecule has 0 spiro atoms. The van der Waals surface area contributed by atoms with Crippen LogP contribution in [-0.4, -0.2) is 0 Å². The summed E-state index contributed by atoms with van der Waals surface area (Å²) in [6, 6.07) is 28.7.